The highest BCUT2D eigenvalue weighted by atomic mass is 16.5. The molecule has 9 heteroatoms. The molecule has 0 aliphatic heterocycles. The van der Waals surface area contributed by atoms with E-state index in [1.165, 1.54) is 4.68 Å². The topological polar surface area (TPSA) is 111 Å². The second-order valence-electron chi connectivity index (χ2n) is 8.29. The zero-order valence-corrected chi connectivity index (χ0v) is 16.3. The fraction of sp³-hybridized carbons (Fsp3) is 0.684. The molecule has 0 spiro atoms. The van der Waals surface area contributed by atoms with Crippen molar-refractivity contribution in [1.29, 1.82) is 0 Å². The summed E-state index contributed by atoms with van der Waals surface area (Å²) in [4.78, 5) is 25.2. The summed E-state index contributed by atoms with van der Waals surface area (Å²) in [5.74, 6) is 0.802. The molecule has 0 unspecified atom stereocenters. The van der Waals surface area contributed by atoms with E-state index in [9.17, 15) is 14.7 Å². The number of aromatic nitrogens is 4. The average Bonchev–Trinajstić information content (AvgIpc) is 3.36. The van der Waals surface area contributed by atoms with Crippen LogP contribution in [0.1, 0.15) is 56.5 Å². The number of fused-ring (bicyclic) bond motifs is 1. The zero-order chi connectivity index (χ0) is 19.9. The average molecular weight is 389 g/mol. The lowest BCUT2D eigenvalue weighted by molar-refractivity contribution is -0.125. The van der Waals surface area contributed by atoms with Crippen molar-refractivity contribution >= 4 is 11.4 Å². The van der Waals surface area contributed by atoms with Gasteiger partial charge < -0.3 is 15.2 Å². The van der Waals surface area contributed by atoms with Crippen LogP contribution < -0.4 is 10.9 Å². The van der Waals surface area contributed by atoms with Crippen LogP contribution in [0.2, 0.25) is 0 Å². The quantitative estimate of drug-likeness (QED) is 0.632. The third kappa shape index (κ3) is 3.95. The van der Waals surface area contributed by atoms with Crippen LogP contribution in [0, 0.1) is 0 Å². The highest BCUT2D eigenvalue weighted by Gasteiger charge is 2.39. The number of nitrogens with one attached hydrogen (secondary N) is 1. The molecule has 28 heavy (non-hydrogen) atoms. The molecule has 0 aromatic carbocycles. The van der Waals surface area contributed by atoms with E-state index < -0.39 is 5.60 Å². The van der Waals surface area contributed by atoms with Crippen molar-refractivity contribution in [2.45, 2.75) is 69.6 Å². The van der Waals surface area contributed by atoms with Crippen LogP contribution in [0.3, 0.4) is 0 Å². The summed E-state index contributed by atoms with van der Waals surface area (Å²) in [5.41, 5.74) is 0.359. The fourth-order valence-electron chi connectivity index (χ4n) is 3.84. The first kappa shape index (κ1) is 19.1. The molecule has 0 bridgehead atoms. The molecule has 0 atom stereocenters. The molecule has 2 aliphatic carbocycles. The predicted octanol–water partition coefficient (Wildman–Crippen LogP) is 0.377. The van der Waals surface area contributed by atoms with Crippen LogP contribution in [0.15, 0.2) is 10.9 Å². The smallest absolute Gasteiger partial charge is 0.293 e. The van der Waals surface area contributed by atoms with Gasteiger partial charge in [-0.05, 0) is 45.1 Å². The van der Waals surface area contributed by atoms with Gasteiger partial charge in [0.15, 0.2) is 5.82 Å². The number of aliphatic hydroxyl groups is 1. The van der Waals surface area contributed by atoms with E-state index in [-0.39, 0.29) is 24.1 Å². The summed E-state index contributed by atoms with van der Waals surface area (Å²) in [5, 5.41) is 21.7. The second-order valence-corrected chi connectivity index (χ2v) is 8.29. The van der Waals surface area contributed by atoms with Gasteiger partial charge in [-0.2, -0.15) is 10.2 Å². The molecular weight excluding hydrogens is 362 g/mol. The Morgan fingerprint density at radius 3 is 2.79 bits per heavy atom. The number of ether oxygens (including phenoxy) is 1. The van der Waals surface area contributed by atoms with E-state index in [1.807, 2.05) is 6.07 Å². The van der Waals surface area contributed by atoms with E-state index in [2.05, 4.69) is 15.5 Å². The molecule has 152 valence electrons. The Balaban J connectivity index is 1.57. The van der Waals surface area contributed by atoms with Crippen LogP contribution in [0.25, 0.3) is 5.52 Å². The zero-order valence-electron chi connectivity index (χ0n) is 16.3. The molecule has 2 fully saturated rings. The Labute approximate surface area is 162 Å². The van der Waals surface area contributed by atoms with Gasteiger partial charge in [0.1, 0.15) is 12.1 Å². The van der Waals surface area contributed by atoms with Gasteiger partial charge in [0.05, 0.1) is 11.3 Å². The number of carbonyl (C=O) groups is 1. The van der Waals surface area contributed by atoms with E-state index >= 15 is 0 Å². The fourth-order valence-corrected chi connectivity index (χ4v) is 3.84. The first-order valence-electron chi connectivity index (χ1n) is 9.86. The van der Waals surface area contributed by atoms with Gasteiger partial charge in [-0.25, -0.2) is 9.20 Å². The Morgan fingerprint density at radius 2 is 2.14 bits per heavy atom. The number of hydrogen-bond donors (Lipinski definition) is 2. The molecule has 2 aromatic rings. The van der Waals surface area contributed by atoms with E-state index in [0.717, 1.165) is 25.0 Å². The van der Waals surface area contributed by atoms with Crippen molar-refractivity contribution in [3.8, 4) is 0 Å². The van der Waals surface area contributed by atoms with Crippen molar-refractivity contribution in [2.24, 2.45) is 0 Å². The molecule has 2 aliphatic rings. The van der Waals surface area contributed by atoms with Gasteiger partial charge in [-0.15, -0.1) is 0 Å². The van der Waals surface area contributed by atoms with Crippen LogP contribution in [-0.4, -0.2) is 55.8 Å². The predicted molar refractivity (Wildman–Crippen MR) is 101 cm³/mol. The molecule has 1 amide bonds. The number of rotatable bonds is 8. The van der Waals surface area contributed by atoms with E-state index in [1.54, 1.807) is 18.5 Å². The van der Waals surface area contributed by atoms with Gasteiger partial charge >= 0.3 is 0 Å². The number of nitrogens with zero attached hydrogens (tertiary/aromatic N) is 4. The van der Waals surface area contributed by atoms with Gasteiger partial charge in [0.2, 0.25) is 5.91 Å². The van der Waals surface area contributed by atoms with Crippen LogP contribution >= 0.6 is 0 Å². The lowest BCUT2D eigenvalue weighted by Gasteiger charge is -2.41. The van der Waals surface area contributed by atoms with Crippen LogP contribution in [-0.2, 0) is 22.5 Å². The second kappa shape index (κ2) is 7.29. The lowest BCUT2D eigenvalue weighted by Crippen LogP contribution is -2.54. The van der Waals surface area contributed by atoms with Crippen molar-refractivity contribution in [3.05, 3.63) is 27.9 Å². The minimum Gasteiger partial charge on any atom is -0.390 e. The number of amides is 1. The molecule has 0 radical (unpaired) electrons. The molecule has 2 heterocycles. The van der Waals surface area contributed by atoms with Gasteiger partial charge in [0.25, 0.3) is 5.56 Å². The number of methoxy groups -OCH3 is 1. The summed E-state index contributed by atoms with van der Waals surface area (Å²) in [7, 11) is 1.64. The lowest BCUT2D eigenvalue weighted by atomic mass is 9.77. The molecule has 0 saturated heterocycles. The third-order valence-corrected chi connectivity index (χ3v) is 5.44. The van der Waals surface area contributed by atoms with E-state index in [4.69, 9.17) is 4.74 Å². The summed E-state index contributed by atoms with van der Waals surface area (Å²) >= 11 is 0. The minimum atomic E-state index is -0.711. The Kier molecular flexibility index (Phi) is 4.96. The molecule has 9 nitrogen and oxygen atoms in total. The van der Waals surface area contributed by atoms with Crippen molar-refractivity contribution in [3.63, 3.8) is 0 Å². The first-order valence-corrected chi connectivity index (χ1v) is 9.86. The highest BCUT2D eigenvalue weighted by molar-refractivity contribution is 5.76. The monoisotopic (exact) mass is 389 g/mol. The summed E-state index contributed by atoms with van der Waals surface area (Å²) in [6, 6.07) is 1.78. The maximum Gasteiger partial charge on any atom is 0.293 e. The SMILES string of the molecule is COCCCc1nn(CC(=O)NC2CC(C)(O)C2)c(=O)c2cc(C3CC3)nn12. The first-order chi connectivity index (χ1) is 13.4. The summed E-state index contributed by atoms with van der Waals surface area (Å²) < 4.78 is 7.97. The van der Waals surface area contributed by atoms with Crippen LogP contribution in [0.5, 0.6) is 0 Å². The summed E-state index contributed by atoms with van der Waals surface area (Å²) in [6.45, 7) is 2.19. The molecule has 2 N–H and O–H groups in total. The number of hydrogen-bond acceptors (Lipinski definition) is 6. The largest absolute Gasteiger partial charge is 0.390 e. The van der Waals surface area contributed by atoms with Gasteiger partial charge in [-0.1, -0.05) is 0 Å². The minimum absolute atomic E-state index is 0.0560. The highest BCUT2D eigenvalue weighted by Crippen LogP contribution is 2.39. The normalized spacial score (nSPS) is 24.3. The molecule has 2 saturated carbocycles. The van der Waals surface area contributed by atoms with Gasteiger partial charge in [-0.3, -0.25) is 9.59 Å². The molecule has 2 aromatic heterocycles. The van der Waals surface area contributed by atoms with Crippen LogP contribution in [0.4, 0.5) is 0 Å². The van der Waals surface area contributed by atoms with Gasteiger partial charge in [0, 0.05) is 32.1 Å². The third-order valence-electron chi connectivity index (χ3n) is 5.44. The molecular formula is C19H27N5O4. The number of aryl methyl sites for hydroxylation is 1. The maximum absolute atomic E-state index is 12.9. The molecule has 4 rings (SSSR count). The standard InChI is InChI=1S/C19H27N5O4/c1-19(27)9-13(10-19)20-17(25)11-23-18(26)15-8-14(12-5-6-12)21-24(15)16(22-23)4-3-7-28-2/h8,12-13,27H,3-7,9-11H2,1-2H3,(H,20,25). The Morgan fingerprint density at radius 1 is 1.39 bits per heavy atom. The summed E-state index contributed by atoms with van der Waals surface area (Å²) in [6.07, 6.45) is 4.59. The Hall–Kier alpha value is -2.26. The van der Waals surface area contributed by atoms with E-state index in [0.29, 0.717) is 43.1 Å². The Bertz CT molecular complexity index is 936. The maximum atomic E-state index is 12.9. The van der Waals surface area contributed by atoms with Crippen molar-refractivity contribution < 1.29 is 14.6 Å². The van der Waals surface area contributed by atoms with Crippen molar-refractivity contribution in [1.82, 2.24) is 24.7 Å². The van der Waals surface area contributed by atoms with Crippen molar-refractivity contribution in [2.75, 3.05) is 13.7 Å². The number of carbonyl (C=O) groups excluding carboxylic acids is 1.